The first kappa shape index (κ1) is 33.2. The number of hydrogen-bond acceptors (Lipinski definition) is 6. The molecule has 46 heavy (non-hydrogen) atoms. The van der Waals surface area contributed by atoms with Crippen LogP contribution >= 0.6 is 0 Å². The molecule has 5 aromatic rings. The Labute approximate surface area is 274 Å². The molecule has 0 saturated heterocycles. The van der Waals surface area contributed by atoms with E-state index >= 15 is 0 Å². The second-order valence-corrected chi connectivity index (χ2v) is 11.9. The van der Waals surface area contributed by atoms with E-state index in [0.717, 1.165) is 63.5 Å². The molecule has 0 aromatic heterocycles. The Bertz CT molecular complexity index is 1440. The summed E-state index contributed by atoms with van der Waals surface area (Å²) in [6.45, 7) is 7.97. The molecule has 0 bridgehead atoms. The molecule has 238 valence electrons. The zero-order valence-electron chi connectivity index (χ0n) is 26.8. The summed E-state index contributed by atoms with van der Waals surface area (Å²) in [6.07, 6.45) is 0. The molecule has 0 radical (unpaired) electrons. The van der Waals surface area contributed by atoms with Crippen LogP contribution in [0.2, 0.25) is 0 Å². The number of benzene rings is 5. The van der Waals surface area contributed by atoms with Gasteiger partial charge >= 0.3 is 0 Å². The van der Waals surface area contributed by atoms with Crippen molar-refractivity contribution in [3.05, 3.63) is 177 Å². The Kier molecular flexibility index (Phi) is 13.1. The fourth-order valence-corrected chi connectivity index (χ4v) is 5.32. The lowest BCUT2D eigenvalue weighted by Gasteiger charge is -2.10. The molecule has 5 rings (SSSR count). The maximum absolute atomic E-state index is 5.68. The van der Waals surface area contributed by atoms with Gasteiger partial charge in [0, 0.05) is 65.4 Å². The third kappa shape index (κ3) is 11.0. The maximum atomic E-state index is 5.68. The summed E-state index contributed by atoms with van der Waals surface area (Å²) in [5.74, 6) is 0. The van der Waals surface area contributed by atoms with Gasteiger partial charge in [0.15, 0.2) is 0 Å². The molecular formula is C40H48N6. The van der Waals surface area contributed by atoms with E-state index in [1.165, 1.54) is 44.5 Å². The fourth-order valence-electron chi connectivity index (χ4n) is 5.32. The summed E-state index contributed by atoms with van der Waals surface area (Å²) >= 11 is 0. The van der Waals surface area contributed by atoms with Gasteiger partial charge in [-0.05, 0) is 55.6 Å². The molecule has 0 fully saturated rings. The molecule has 0 aliphatic heterocycles. The highest BCUT2D eigenvalue weighted by atomic mass is 14.9. The molecule has 0 saturated carbocycles. The molecule has 0 atom stereocenters. The van der Waals surface area contributed by atoms with Gasteiger partial charge in [-0.2, -0.15) is 0 Å². The number of nitrogens with two attached hydrogens (primary N) is 2. The van der Waals surface area contributed by atoms with Crippen LogP contribution in [0, 0.1) is 0 Å². The van der Waals surface area contributed by atoms with Gasteiger partial charge in [0.25, 0.3) is 0 Å². The summed E-state index contributed by atoms with van der Waals surface area (Å²) < 4.78 is 0. The summed E-state index contributed by atoms with van der Waals surface area (Å²) in [7, 11) is 0. The van der Waals surface area contributed by atoms with E-state index in [1.54, 1.807) is 0 Å². The third-order valence-corrected chi connectivity index (χ3v) is 8.22. The molecule has 0 aliphatic rings. The lowest BCUT2D eigenvalue weighted by Crippen LogP contribution is -2.15. The molecule has 5 aromatic carbocycles. The van der Waals surface area contributed by atoms with E-state index in [2.05, 4.69) is 143 Å². The van der Waals surface area contributed by atoms with Crippen LogP contribution in [-0.4, -0.2) is 0 Å². The van der Waals surface area contributed by atoms with E-state index in [-0.39, 0.29) is 0 Å². The van der Waals surface area contributed by atoms with E-state index in [4.69, 9.17) is 11.5 Å². The maximum Gasteiger partial charge on any atom is 0.0208 e. The Morgan fingerprint density at radius 3 is 0.500 bits per heavy atom. The zero-order chi connectivity index (χ0) is 31.8. The summed E-state index contributed by atoms with van der Waals surface area (Å²) in [4.78, 5) is 0. The third-order valence-electron chi connectivity index (χ3n) is 8.22. The smallest absolute Gasteiger partial charge is 0.0208 e. The predicted molar refractivity (Wildman–Crippen MR) is 190 cm³/mol. The van der Waals surface area contributed by atoms with Crippen LogP contribution in [0.5, 0.6) is 0 Å². The first-order chi connectivity index (χ1) is 22.7. The number of nitrogens with one attached hydrogen (secondary N) is 4. The van der Waals surface area contributed by atoms with Gasteiger partial charge in [0.05, 0.1) is 0 Å². The summed E-state index contributed by atoms with van der Waals surface area (Å²) in [5, 5.41) is 14.2. The van der Waals surface area contributed by atoms with E-state index in [9.17, 15) is 0 Å². The molecular weight excluding hydrogens is 564 g/mol. The van der Waals surface area contributed by atoms with Crippen LogP contribution in [0.15, 0.2) is 121 Å². The van der Waals surface area contributed by atoms with Gasteiger partial charge in [0.2, 0.25) is 0 Å². The number of hydrogen-bond donors (Lipinski definition) is 6. The van der Waals surface area contributed by atoms with Crippen molar-refractivity contribution in [2.24, 2.45) is 11.5 Å². The topological polar surface area (TPSA) is 100 Å². The van der Waals surface area contributed by atoms with Crippen LogP contribution < -0.4 is 32.7 Å². The van der Waals surface area contributed by atoms with Crippen LogP contribution in [0.1, 0.15) is 55.6 Å². The average Bonchev–Trinajstić information content (AvgIpc) is 3.11. The molecule has 0 heterocycles. The minimum atomic E-state index is 0.587. The van der Waals surface area contributed by atoms with E-state index in [1.807, 2.05) is 0 Å². The first-order valence-corrected chi connectivity index (χ1v) is 16.3. The van der Waals surface area contributed by atoms with Crippen molar-refractivity contribution in [1.29, 1.82) is 0 Å². The minimum absolute atomic E-state index is 0.587. The second-order valence-electron chi connectivity index (χ2n) is 11.9. The molecule has 0 spiro atoms. The van der Waals surface area contributed by atoms with Gasteiger partial charge in [-0.3, -0.25) is 0 Å². The summed E-state index contributed by atoms with van der Waals surface area (Å²) in [5.41, 5.74) is 24.0. The van der Waals surface area contributed by atoms with E-state index in [0.29, 0.717) is 13.1 Å². The van der Waals surface area contributed by atoms with Gasteiger partial charge < -0.3 is 32.7 Å². The predicted octanol–water partition coefficient (Wildman–Crippen LogP) is 5.76. The Hall–Kier alpha value is -4.14. The standard InChI is InChI=1S/C40H48N6/c41-21-31-1-5-33(6-2-31)23-43-25-35-9-13-37(14-10-35)27-45-29-39-17-19-40(20-18-39)30-46-28-38-15-11-36(12-16-38)26-44-24-34-7-3-32(22-42)4-8-34/h1-20,43-46H,21-30,41-42H2. The van der Waals surface area contributed by atoms with Gasteiger partial charge in [-0.25, -0.2) is 0 Å². The molecule has 0 unspecified atom stereocenters. The monoisotopic (exact) mass is 612 g/mol. The zero-order valence-corrected chi connectivity index (χ0v) is 26.8. The second kappa shape index (κ2) is 18.1. The number of rotatable bonds is 18. The van der Waals surface area contributed by atoms with Crippen molar-refractivity contribution in [3.8, 4) is 0 Å². The van der Waals surface area contributed by atoms with Crippen LogP contribution in [-0.2, 0) is 65.4 Å². The first-order valence-electron chi connectivity index (χ1n) is 16.3. The molecule has 0 aliphatic carbocycles. The highest BCUT2D eigenvalue weighted by Crippen LogP contribution is 2.10. The molecule has 6 heteroatoms. The Balaban J connectivity index is 0.939. The Morgan fingerprint density at radius 2 is 0.370 bits per heavy atom. The highest BCUT2D eigenvalue weighted by Gasteiger charge is 2.01. The van der Waals surface area contributed by atoms with Crippen molar-refractivity contribution in [2.45, 2.75) is 65.4 Å². The molecule has 0 amide bonds. The normalized spacial score (nSPS) is 11.2. The quantitative estimate of drug-likeness (QED) is 0.0753. The fraction of sp³-hybridized carbons (Fsp3) is 0.250. The van der Waals surface area contributed by atoms with Crippen LogP contribution in [0.4, 0.5) is 0 Å². The average molecular weight is 613 g/mol. The van der Waals surface area contributed by atoms with Crippen molar-refractivity contribution >= 4 is 0 Å². The molecule has 6 nitrogen and oxygen atoms in total. The van der Waals surface area contributed by atoms with Gasteiger partial charge in [-0.1, -0.05) is 121 Å². The highest BCUT2D eigenvalue weighted by molar-refractivity contribution is 5.27. The van der Waals surface area contributed by atoms with Crippen LogP contribution in [0.25, 0.3) is 0 Å². The van der Waals surface area contributed by atoms with Crippen molar-refractivity contribution in [3.63, 3.8) is 0 Å². The van der Waals surface area contributed by atoms with E-state index < -0.39 is 0 Å². The molecule has 8 N–H and O–H groups in total. The lowest BCUT2D eigenvalue weighted by molar-refractivity contribution is 0.681. The van der Waals surface area contributed by atoms with Crippen LogP contribution in [0.3, 0.4) is 0 Å². The largest absolute Gasteiger partial charge is 0.326 e. The van der Waals surface area contributed by atoms with Gasteiger partial charge in [0.1, 0.15) is 0 Å². The van der Waals surface area contributed by atoms with Gasteiger partial charge in [-0.15, -0.1) is 0 Å². The van der Waals surface area contributed by atoms with Crippen molar-refractivity contribution < 1.29 is 0 Å². The lowest BCUT2D eigenvalue weighted by atomic mass is 10.1. The Morgan fingerprint density at radius 1 is 0.239 bits per heavy atom. The minimum Gasteiger partial charge on any atom is -0.326 e. The van der Waals surface area contributed by atoms with Crippen molar-refractivity contribution in [1.82, 2.24) is 21.3 Å². The van der Waals surface area contributed by atoms with Crippen molar-refractivity contribution in [2.75, 3.05) is 0 Å². The SMILES string of the molecule is NCc1ccc(CNCc2ccc(CNCc3ccc(CNCc4ccc(CNCc5ccc(CN)cc5)cc4)cc3)cc2)cc1. The summed E-state index contributed by atoms with van der Waals surface area (Å²) in [6, 6.07) is 43.5.